The van der Waals surface area contributed by atoms with Crippen LogP contribution in [0.5, 0.6) is 0 Å². The van der Waals surface area contributed by atoms with Gasteiger partial charge in [0.05, 0.1) is 67.1 Å². The van der Waals surface area contributed by atoms with Crippen LogP contribution < -0.4 is 0 Å². The molecule has 9 saturated heterocycles. The molecule has 10 bridgehead atoms. The number of allylic oxidation sites excluding steroid dienone is 4. The molecule has 0 aromatic rings. The van der Waals surface area contributed by atoms with Gasteiger partial charge in [-0.05, 0) is 256 Å². The Labute approximate surface area is 678 Å². The Morgan fingerprint density at radius 1 is 0.434 bits per heavy atom. The predicted molar refractivity (Wildman–Crippen MR) is 444 cm³/mol. The molecule has 630 valence electrons. The fourth-order valence-corrected chi connectivity index (χ4v) is 123. The first-order valence-electron chi connectivity index (χ1n) is 44.1. The molecule has 0 N–H and O–H groups in total. The summed E-state index contributed by atoms with van der Waals surface area (Å²) >= 11 is 0. The summed E-state index contributed by atoms with van der Waals surface area (Å²) in [7, 11) is -3.78. The lowest BCUT2D eigenvalue weighted by molar-refractivity contribution is -0.180. The number of ether oxygens (including phenoxy) is 12. The van der Waals surface area contributed by atoms with Crippen LogP contribution >= 0.6 is 0 Å². The fourth-order valence-electron chi connectivity index (χ4n) is 25.1. The zero-order chi connectivity index (χ0) is 81.4. The van der Waals surface area contributed by atoms with E-state index in [1.165, 1.54) is 57.4 Å². The van der Waals surface area contributed by atoms with Gasteiger partial charge in [0.2, 0.25) is 0 Å². The average molecular weight is 1640 g/mol. The predicted octanol–water partition coefficient (Wildman–Crippen LogP) is 17.4. The molecule has 19 nitrogen and oxygen atoms in total. The Balaban J connectivity index is 0.000000126. The number of hydrogen-bond donors (Lipinski definition) is 0. The molecule has 8 aliphatic carbocycles. The number of esters is 7. The molecule has 9 aliphatic heterocycles. The number of rotatable bonds is 21. The van der Waals surface area contributed by atoms with Gasteiger partial charge in [-0.15, -0.1) is 0 Å². The van der Waals surface area contributed by atoms with Gasteiger partial charge in [0.25, 0.3) is 0 Å². The summed E-state index contributed by atoms with van der Waals surface area (Å²) < 4.78 is 69.1. The number of carbonyl (C=O) groups excluding carboxylic acids is 7. The number of fused-ring (bicyclic) bond motifs is 9. The molecule has 0 aromatic carbocycles. The smallest absolute Gasteiger partial charge is 0.333 e. The van der Waals surface area contributed by atoms with Crippen molar-refractivity contribution < 1.29 is 90.4 Å². The first-order valence-corrected chi connectivity index (χ1v) is 59.8. The van der Waals surface area contributed by atoms with Crippen molar-refractivity contribution in [2.75, 3.05) is 19.8 Å². The molecule has 0 amide bonds. The largest absolute Gasteiger partial charge is 0.463 e. The minimum Gasteiger partial charge on any atom is -0.463 e. The Morgan fingerprint density at radius 2 is 0.832 bits per heavy atom. The van der Waals surface area contributed by atoms with Crippen LogP contribution in [-0.4, -0.2) is 174 Å². The van der Waals surface area contributed by atoms with Crippen LogP contribution in [-0.2, 0) is 90.4 Å². The van der Waals surface area contributed by atoms with Crippen LogP contribution in [0.1, 0.15) is 227 Å². The first-order chi connectivity index (χ1) is 53.4. The topological polar surface area (TPSA) is 230 Å². The van der Waals surface area contributed by atoms with Crippen molar-refractivity contribution in [1.82, 2.24) is 0 Å². The van der Waals surface area contributed by atoms with Crippen LogP contribution in [0.3, 0.4) is 0 Å². The summed E-state index contributed by atoms with van der Waals surface area (Å²) in [6.07, 6.45) is 43.0. The van der Waals surface area contributed by atoms with Crippen LogP contribution in [0.4, 0.5) is 0 Å². The highest BCUT2D eigenvalue weighted by Crippen LogP contribution is 2.56. The quantitative estimate of drug-likeness (QED) is 0.0342. The fraction of sp³-hybridized carbons (Fsp3) is 0.789. The van der Waals surface area contributed by atoms with Crippen molar-refractivity contribution in [3.8, 4) is 0 Å². The van der Waals surface area contributed by atoms with Gasteiger partial charge in [-0.25, -0.2) is 19.2 Å². The van der Waals surface area contributed by atoms with Crippen molar-refractivity contribution >= 4 is 71.2 Å². The lowest BCUT2D eigenvalue weighted by atomic mass is 9.75. The van der Waals surface area contributed by atoms with E-state index in [0.717, 1.165) is 154 Å². The van der Waals surface area contributed by atoms with E-state index in [9.17, 15) is 33.6 Å². The zero-order valence-corrected chi connectivity index (χ0v) is 75.1. The van der Waals surface area contributed by atoms with Gasteiger partial charge < -0.3 is 56.8 Å². The second kappa shape index (κ2) is 35.8. The summed E-state index contributed by atoms with van der Waals surface area (Å²) in [6.45, 7) is 45.2. The van der Waals surface area contributed by atoms with Gasteiger partial charge in [-0.3, -0.25) is 14.4 Å². The van der Waals surface area contributed by atoms with E-state index in [-0.39, 0.29) is 100 Å². The van der Waals surface area contributed by atoms with Gasteiger partial charge in [-0.2, -0.15) is 0 Å². The molecule has 19 unspecified atom stereocenters. The maximum atomic E-state index is 12.9. The number of hydrogen-bond acceptors (Lipinski definition) is 19. The van der Waals surface area contributed by atoms with E-state index in [1.807, 2.05) is 0 Å². The highest BCUT2D eigenvalue weighted by Gasteiger charge is 2.66. The molecule has 15 fully saturated rings. The summed E-state index contributed by atoms with van der Waals surface area (Å²) in [4.78, 5) is 83.6. The second-order valence-electron chi connectivity index (χ2n) is 40.3. The molecule has 17 aliphatic rings. The Bertz CT molecular complexity index is 3510. The van der Waals surface area contributed by atoms with E-state index in [4.69, 9.17) is 56.8 Å². The summed E-state index contributed by atoms with van der Waals surface area (Å²) in [6, 6.07) is 1.17. The van der Waals surface area contributed by atoms with Crippen LogP contribution in [0.25, 0.3) is 0 Å². The Morgan fingerprint density at radius 3 is 1.19 bits per heavy atom. The standard InChI is InChI=1S/C19H26O3.C17H24O3.C15H22O3.C15H36O2Si4.C13H20O3.C11H12O5/c20-18(15-10-12-3-4-13(15)9-12)22-19(7-1-2-8-19)16-11-14-5-6-17(16)21-14;18-16(14-11-12-5-6-13(14)10-12)20-17(7-1-2-8-17)15-4-3-9-19-15;1-10(2)14(16)18-15(7-3-4-8-15)12-9-11-5-6-13(12)17-11;1-14(2)15(16)17-12-13-21(18(3,4)5,19(6,7)8)20(9,10)11;1-10(2)12(14)16-13(7-3-4-8-13)11-6-5-9-15-11;1-4(2)10(12)15-8-6-3-5-7(14-6)9(8)16-11(5)13/h3-4,12-17H,1-2,5-11H2;5-6,12-15H,1-4,7-11H2;11-13H,1,3-9H2,2H3;1,12-13H2,2-11H3;11H,1,3-9H2,2H3;5-9H,1,3H2,2H3. The van der Waals surface area contributed by atoms with Crippen LogP contribution in [0.15, 0.2) is 72.9 Å². The highest BCUT2D eigenvalue weighted by atomic mass is 29.9. The third-order valence-electron chi connectivity index (χ3n) is 29.7. The lowest BCUT2D eigenvalue weighted by Crippen LogP contribution is -2.82. The molecule has 0 radical (unpaired) electrons. The van der Waals surface area contributed by atoms with E-state index >= 15 is 0 Å². The van der Waals surface area contributed by atoms with Crippen LogP contribution in [0.2, 0.25) is 65.0 Å². The minimum atomic E-state index is -1.39. The lowest BCUT2D eigenvalue weighted by Gasteiger charge is -2.57. The molecule has 23 heteroatoms. The van der Waals surface area contributed by atoms with Crippen molar-refractivity contribution in [3.05, 3.63) is 72.9 Å². The van der Waals surface area contributed by atoms with Crippen molar-refractivity contribution in [2.24, 2.45) is 53.3 Å². The normalized spacial score (nSPS) is 35.1. The van der Waals surface area contributed by atoms with Crippen molar-refractivity contribution in [2.45, 2.75) is 375 Å². The average Bonchev–Trinajstić information content (AvgIpc) is 1.32. The zero-order valence-electron chi connectivity index (χ0n) is 71.1. The Hall–Kier alpha value is -4.60. The maximum absolute atomic E-state index is 12.9. The molecule has 0 spiro atoms. The molecular weight excluding hydrogens is 1500 g/mol. The van der Waals surface area contributed by atoms with Gasteiger partial charge in [0, 0.05) is 76.7 Å². The highest BCUT2D eigenvalue weighted by molar-refractivity contribution is 7.89. The molecule has 17 rings (SSSR count). The molecule has 113 heavy (non-hydrogen) atoms. The third kappa shape index (κ3) is 18.9. The molecule has 19 atom stereocenters. The van der Waals surface area contributed by atoms with Gasteiger partial charge in [-0.1, -0.05) is 110 Å². The van der Waals surface area contributed by atoms with E-state index < -0.39 is 47.6 Å². The monoisotopic (exact) mass is 1640 g/mol. The summed E-state index contributed by atoms with van der Waals surface area (Å²) in [5.41, 5.74) is 0.735. The second-order valence-corrected chi connectivity index (χ2v) is 81.8. The maximum Gasteiger partial charge on any atom is 0.333 e. The Kier molecular flexibility index (Phi) is 27.8. The summed E-state index contributed by atoms with van der Waals surface area (Å²) in [5, 5.41) is 0. The summed E-state index contributed by atoms with van der Waals surface area (Å²) in [5.74, 6) is 1.87. The first kappa shape index (κ1) is 87.7. The molecule has 9 heterocycles. The van der Waals surface area contributed by atoms with Crippen LogP contribution in [0, 0.1) is 53.3 Å². The molecular formula is C90H140O19Si4. The number of carbonyl (C=O) groups is 7. The minimum absolute atomic E-state index is 0.0549. The van der Waals surface area contributed by atoms with E-state index in [1.54, 1.807) is 27.7 Å². The molecule has 0 aromatic heterocycles. The van der Waals surface area contributed by atoms with Gasteiger partial charge >= 0.3 is 41.8 Å². The van der Waals surface area contributed by atoms with E-state index in [2.05, 4.69) is 110 Å². The molecule has 6 saturated carbocycles. The third-order valence-corrected chi connectivity index (χ3v) is 104. The van der Waals surface area contributed by atoms with Crippen molar-refractivity contribution in [3.63, 3.8) is 0 Å². The SMILES string of the molecule is C=C(C)C(=O)OC1(C2CC3CCC2O3)CCCC1.C=C(C)C(=O)OC1(C2CCCO2)CCCC1.C=C(C)C(=O)OC1C2CC3C(=O)OC1C3O2.C=C(C)C(=O)OCC[Si]([Si](C)(C)C)([Si](C)(C)C)[Si](C)(C)C.O=C(OC1(C2CC3CCC2O3)CCCC1)C1CC2C=CC1C2.O=C(OC1(C2CCCO2)CCCC1)C1CC2C=CC1C2. The van der Waals surface area contributed by atoms with Gasteiger partial charge in [0.1, 0.15) is 28.5 Å². The van der Waals surface area contributed by atoms with Crippen molar-refractivity contribution in [1.29, 1.82) is 0 Å². The van der Waals surface area contributed by atoms with E-state index in [0.29, 0.717) is 95.2 Å². The van der Waals surface area contributed by atoms with Gasteiger partial charge in [0.15, 0.2) is 12.2 Å².